The van der Waals surface area contributed by atoms with Crippen LogP contribution < -0.4 is 18.9 Å². The van der Waals surface area contributed by atoms with Crippen LogP contribution >= 0.6 is 11.6 Å². The molecule has 0 amide bonds. The number of carbonyl (C=O) groups excluding carboxylic acids is 1. The second-order valence-electron chi connectivity index (χ2n) is 7.46. The summed E-state index contributed by atoms with van der Waals surface area (Å²) in [6, 6.07) is 8.88. The summed E-state index contributed by atoms with van der Waals surface area (Å²) in [6.07, 6.45) is 7.21. The normalized spacial score (nSPS) is 14.2. The molecule has 0 heterocycles. The van der Waals surface area contributed by atoms with Gasteiger partial charge < -0.3 is 23.8 Å². The van der Waals surface area contributed by atoms with Crippen LogP contribution in [0.3, 0.4) is 0 Å². The van der Waals surface area contributed by atoms with Gasteiger partial charge in [0.15, 0.2) is 18.1 Å². The SMILES string of the molecule is COc1cc(/C=N/OC(=O)COc2ccc(Cl)cc2C2CCCCC2)cc(OC)c1OC. The molecule has 1 aliphatic carbocycles. The minimum atomic E-state index is -0.613. The third-order valence-electron chi connectivity index (χ3n) is 5.41. The molecule has 0 bridgehead atoms. The third kappa shape index (κ3) is 6.07. The minimum Gasteiger partial charge on any atom is -0.493 e. The number of benzene rings is 2. The zero-order valence-corrected chi connectivity index (χ0v) is 19.3. The number of rotatable bonds is 9. The van der Waals surface area contributed by atoms with Crippen LogP contribution in [0.5, 0.6) is 23.0 Å². The molecular formula is C24H28ClNO6. The lowest BCUT2D eigenvalue weighted by Gasteiger charge is -2.24. The first kappa shape index (κ1) is 23.7. The lowest BCUT2D eigenvalue weighted by Crippen LogP contribution is -2.14. The van der Waals surface area contributed by atoms with Gasteiger partial charge in [-0.2, -0.15) is 0 Å². The number of nitrogens with zero attached hydrogens (tertiary/aromatic N) is 1. The van der Waals surface area contributed by atoms with Crippen LogP contribution in [0.4, 0.5) is 0 Å². The molecule has 2 aromatic rings. The topological polar surface area (TPSA) is 75.6 Å². The first-order valence-corrected chi connectivity index (χ1v) is 10.9. The van der Waals surface area contributed by atoms with E-state index in [1.807, 2.05) is 6.07 Å². The molecule has 0 saturated heterocycles. The Bertz CT molecular complexity index is 930. The van der Waals surface area contributed by atoms with Crippen molar-refractivity contribution in [3.63, 3.8) is 0 Å². The summed E-state index contributed by atoms with van der Waals surface area (Å²) in [7, 11) is 4.57. The molecule has 0 aliphatic heterocycles. The van der Waals surface area contributed by atoms with Crippen LogP contribution in [0, 0.1) is 0 Å². The number of oxime groups is 1. The van der Waals surface area contributed by atoms with Crippen molar-refractivity contribution in [2.24, 2.45) is 5.16 Å². The van der Waals surface area contributed by atoms with Crippen molar-refractivity contribution in [3.05, 3.63) is 46.5 Å². The van der Waals surface area contributed by atoms with E-state index in [0.29, 0.717) is 39.5 Å². The van der Waals surface area contributed by atoms with Crippen LogP contribution in [-0.4, -0.2) is 40.1 Å². The molecule has 3 rings (SSSR count). The number of hydrogen-bond donors (Lipinski definition) is 0. The average molecular weight is 462 g/mol. The Kier molecular flexibility index (Phi) is 8.62. The molecule has 1 saturated carbocycles. The Morgan fingerprint density at radius 1 is 1.00 bits per heavy atom. The smallest absolute Gasteiger partial charge is 0.372 e. The number of halogens is 1. The van der Waals surface area contributed by atoms with E-state index in [-0.39, 0.29) is 6.61 Å². The van der Waals surface area contributed by atoms with E-state index in [0.717, 1.165) is 18.4 Å². The molecule has 0 spiro atoms. The van der Waals surface area contributed by atoms with Crippen LogP contribution in [0.15, 0.2) is 35.5 Å². The van der Waals surface area contributed by atoms with Gasteiger partial charge in [-0.1, -0.05) is 36.0 Å². The van der Waals surface area contributed by atoms with E-state index < -0.39 is 5.97 Å². The Labute approximate surface area is 193 Å². The summed E-state index contributed by atoms with van der Waals surface area (Å²) in [5.74, 6) is 1.85. The van der Waals surface area contributed by atoms with Crippen LogP contribution in [0.1, 0.15) is 49.1 Å². The van der Waals surface area contributed by atoms with Gasteiger partial charge in [0.1, 0.15) is 5.75 Å². The fraction of sp³-hybridized carbons (Fsp3) is 0.417. The van der Waals surface area contributed by atoms with Gasteiger partial charge in [0.25, 0.3) is 0 Å². The monoisotopic (exact) mass is 461 g/mol. The summed E-state index contributed by atoms with van der Waals surface area (Å²) in [6.45, 7) is -0.256. The van der Waals surface area contributed by atoms with Crippen molar-refractivity contribution in [2.45, 2.75) is 38.0 Å². The van der Waals surface area contributed by atoms with Gasteiger partial charge in [0, 0.05) is 10.6 Å². The van der Waals surface area contributed by atoms with E-state index in [1.54, 1.807) is 24.3 Å². The molecule has 0 unspecified atom stereocenters. The van der Waals surface area contributed by atoms with Crippen LogP contribution in [0.25, 0.3) is 0 Å². The maximum atomic E-state index is 12.2. The molecule has 0 N–H and O–H groups in total. The maximum absolute atomic E-state index is 12.2. The number of methoxy groups -OCH3 is 3. The minimum absolute atomic E-state index is 0.256. The largest absolute Gasteiger partial charge is 0.493 e. The van der Waals surface area contributed by atoms with Crippen molar-refractivity contribution in [2.75, 3.05) is 27.9 Å². The Balaban J connectivity index is 1.61. The van der Waals surface area contributed by atoms with Crippen molar-refractivity contribution in [1.29, 1.82) is 0 Å². The van der Waals surface area contributed by atoms with E-state index in [9.17, 15) is 4.79 Å². The maximum Gasteiger partial charge on any atom is 0.372 e. The van der Waals surface area contributed by atoms with Crippen LogP contribution in [0.2, 0.25) is 5.02 Å². The molecule has 0 radical (unpaired) electrons. The molecular weight excluding hydrogens is 434 g/mol. The number of hydrogen-bond acceptors (Lipinski definition) is 7. The van der Waals surface area contributed by atoms with E-state index in [2.05, 4.69) is 5.16 Å². The van der Waals surface area contributed by atoms with Crippen molar-refractivity contribution in [3.8, 4) is 23.0 Å². The fourth-order valence-corrected chi connectivity index (χ4v) is 4.05. The number of ether oxygens (including phenoxy) is 4. The number of carbonyl (C=O) groups is 1. The highest BCUT2D eigenvalue weighted by Crippen LogP contribution is 2.39. The van der Waals surface area contributed by atoms with E-state index in [1.165, 1.54) is 46.8 Å². The zero-order valence-electron chi connectivity index (χ0n) is 18.6. The molecule has 2 aromatic carbocycles. The second kappa shape index (κ2) is 11.6. The molecule has 0 atom stereocenters. The predicted molar refractivity (Wildman–Crippen MR) is 123 cm³/mol. The van der Waals surface area contributed by atoms with Gasteiger partial charge in [0.2, 0.25) is 5.75 Å². The summed E-state index contributed by atoms with van der Waals surface area (Å²) in [4.78, 5) is 17.1. The molecule has 7 nitrogen and oxygen atoms in total. The molecule has 0 aromatic heterocycles. The zero-order chi connectivity index (χ0) is 22.9. The van der Waals surface area contributed by atoms with E-state index >= 15 is 0 Å². The van der Waals surface area contributed by atoms with Gasteiger partial charge >= 0.3 is 5.97 Å². The summed E-state index contributed by atoms with van der Waals surface area (Å²) < 4.78 is 21.6. The van der Waals surface area contributed by atoms with Crippen molar-refractivity contribution < 1.29 is 28.6 Å². The van der Waals surface area contributed by atoms with Crippen LogP contribution in [-0.2, 0) is 9.63 Å². The summed E-state index contributed by atoms with van der Waals surface area (Å²) in [5.41, 5.74) is 1.66. The average Bonchev–Trinajstić information content (AvgIpc) is 2.83. The van der Waals surface area contributed by atoms with E-state index in [4.69, 9.17) is 35.4 Å². The highest BCUT2D eigenvalue weighted by molar-refractivity contribution is 6.30. The Hall–Kier alpha value is -2.93. The molecule has 8 heteroatoms. The van der Waals surface area contributed by atoms with Crippen molar-refractivity contribution in [1.82, 2.24) is 0 Å². The predicted octanol–water partition coefficient (Wildman–Crippen LogP) is 5.37. The molecule has 1 aliphatic rings. The highest BCUT2D eigenvalue weighted by Gasteiger charge is 2.20. The lowest BCUT2D eigenvalue weighted by molar-refractivity contribution is -0.145. The molecule has 1 fully saturated rings. The van der Waals surface area contributed by atoms with Gasteiger partial charge in [0.05, 0.1) is 27.5 Å². The first-order valence-electron chi connectivity index (χ1n) is 10.5. The lowest BCUT2D eigenvalue weighted by atomic mass is 9.84. The Morgan fingerprint density at radius 2 is 1.69 bits per heavy atom. The molecule has 32 heavy (non-hydrogen) atoms. The standard InChI is InChI=1S/C24H28ClNO6/c1-28-21-11-16(12-22(29-2)24(21)30-3)14-26-32-23(27)15-31-20-10-9-18(25)13-19(20)17-7-5-4-6-8-17/h9-14,17H,4-8,15H2,1-3H3/b26-14+. The van der Waals surface area contributed by atoms with Gasteiger partial charge in [-0.25, -0.2) is 4.79 Å². The quantitative estimate of drug-likeness (QED) is 0.284. The van der Waals surface area contributed by atoms with Gasteiger partial charge in [-0.3, -0.25) is 0 Å². The van der Waals surface area contributed by atoms with Gasteiger partial charge in [-0.05, 0) is 54.7 Å². The molecule has 172 valence electrons. The highest BCUT2D eigenvalue weighted by atomic mass is 35.5. The second-order valence-corrected chi connectivity index (χ2v) is 7.90. The Morgan fingerprint density at radius 3 is 2.31 bits per heavy atom. The summed E-state index contributed by atoms with van der Waals surface area (Å²) >= 11 is 6.20. The third-order valence-corrected chi connectivity index (χ3v) is 5.64. The fourth-order valence-electron chi connectivity index (χ4n) is 3.87. The first-order chi connectivity index (χ1) is 15.5. The van der Waals surface area contributed by atoms with Gasteiger partial charge in [-0.15, -0.1) is 0 Å². The summed E-state index contributed by atoms with van der Waals surface area (Å²) in [5, 5.41) is 4.42. The van der Waals surface area contributed by atoms with Crippen molar-refractivity contribution >= 4 is 23.8 Å².